The Morgan fingerprint density at radius 2 is 1.90 bits per heavy atom. The molecule has 1 aliphatic heterocycles. The van der Waals surface area contributed by atoms with Gasteiger partial charge in [-0.3, -0.25) is 4.79 Å². The van der Waals surface area contributed by atoms with Gasteiger partial charge < -0.3 is 10.4 Å². The van der Waals surface area contributed by atoms with Gasteiger partial charge in [0.05, 0.1) is 0 Å². The van der Waals surface area contributed by atoms with E-state index >= 15 is 0 Å². The lowest BCUT2D eigenvalue weighted by Gasteiger charge is -2.19. The van der Waals surface area contributed by atoms with Crippen molar-refractivity contribution in [3.63, 3.8) is 0 Å². The number of fused-ring (bicyclic) bond motifs is 1. The topological polar surface area (TPSA) is 49.3 Å². The molecule has 0 aliphatic carbocycles. The second-order valence-electron chi connectivity index (χ2n) is 5.33. The smallest absolute Gasteiger partial charge is 0.251 e. The number of aliphatic hydroxyl groups excluding tert-OH is 1. The van der Waals surface area contributed by atoms with Crippen LogP contribution in [0.2, 0.25) is 0 Å². The maximum Gasteiger partial charge on any atom is 0.251 e. The predicted octanol–water partition coefficient (Wildman–Crippen LogP) is 3.13. The number of benzene rings is 2. The first-order valence-electron chi connectivity index (χ1n) is 6.91. The van der Waals surface area contributed by atoms with Gasteiger partial charge in [-0.05, 0) is 47.7 Å². The monoisotopic (exact) mass is 345 g/mol. The Labute approximate surface area is 132 Å². The van der Waals surface area contributed by atoms with Crippen molar-refractivity contribution >= 4 is 21.8 Å². The average Bonchev–Trinajstić information content (AvgIpc) is 2.49. The van der Waals surface area contributed by atoms with Crippen LogP contribution in [0.3, 0.4) is 0 Å². The number of amides is 1. The minimum atomic E-state index is -0.725. The number of rotatable bonds is 2. The molecule has 2 aromatic carbocycles. The normalized spacial score (nSPS) is 15.3. The zero-order valence-corrected chi connectivity index (χ0v) is 13.3. The zero-order valence-electron chi connectivity index (χ0n) is 11.7. The number of carbonyl (C=O) groups excluding carboxylic acids is 1. The molecule has 0 saturated carbocycles. The Hall–Kier alpha value is -1.65. The van der Waals surface area contributed by atoms with Crippen LogP contribution in [0, 0.1) is 6.92 Å². The number of nitrogens with one attached hydrogen (secondary N) is 1. The lowest BCUT2D eigenvalue weighted by atomic mass is 9.93. The summed E-state index contributed by atoms with van der Waals surface area (Å²) in [5, 5.41) is 13.4. The molecular formula is C17H16BrNO2. The molecule has 1 heterocycles. The summed E-state index contributed by atoms with van der Waals surface area (Å²) in [5.74, 6) is -0.0581. The van der Waals surface area contributed by atoms with Crippen molar-refractivity contribution in [1.29, 1.82) is 0 Å². The van der Waals surface area contributed by atoms with E-state index in [-0.39, 0.29) is 5.91 Å². The summed E-state index contributed by atoms with van der Waals surface area (Å²) >= 11 is 3.46. The maximum absolute atomic E-state index is 11.9. The molecule has 1 amide bonds. The molecule has 0 saturated heterocycles. The number of hydrogen-bond donors (Lipinski definition) is 2. The molecule has 3 nitrogen and oxygen atoms in total. The molecular weight excluding hydrogens is 330 g/mol. The van der Waals surface area contributed by atoms with Crippen molar-refractivity contribution in [3.8, 4) is 0 Å². The molecule has 0 radical (unpaired) electrons. The van der Waals surface area contributed by atoms with E-state index in [9.17, 15) is 9.90 Å². The average molecular weight is 346 g/mol. The SMILES string of the molecule is Cc1cc(C(O)c2ccc3c(c2)C(=O)NCC3)ccc1Br. The van der Waals surface area contributed by atoms with E-state index in [0.717, 1.165) is 33.1 Å². The van der Waals surface area contributed by atoms with E-state index in [1.54, 1.807) is 6.07 Å². The molecule has 0 spiro atoms. The van der Waals surface area contributed by atoms with E-state index in [1.807, 2.05) is 37.3 Å². The van der Waals surface area contributed by atoms with Gasteiger partial charge in [0.25, 0.3) is 5.91 Å². The van der Waals surface area contributed by atoms with Crippen molar-refractivity contribution < 1.29 is 9.90 Å². The minimum Gasteiger partial charge on any atom is -0.384 e. The Balaban J connectivity index is 1.98. The van der Waals surface area contributed by atoms with Crippen LogP contribution in [0.4, 0.5) is 0 Å². The summed E-state index contributed by atoms with van der Waals surface area (Å²) in [5.41, 5.74) is 4.36. The highest BCUT2D eigenvalue weighted by atomic mass is 79.9. The van der Waals surface area contributed by atoms with Crippen LogP contribution >= 0.6 is 15.9 Å². The molecule has 1 aliphatic rings. The molecule has 3 rings (SSSR count). The van der Waals surface area contributed by atoms with Gasteiger partial charge in [-0.1, -0.05) is 40.2 Å². The molecule has 4 heteroatoms. The molecule has 1 unspecified atom stereocenters. The van der Waals surface area contributed by atoms with Crippen LogP contribution in [0.5, 0.6) is 0 Å². The van der Waals surface area contributed by atoms with Gasteiger partial charge in [-0.2, -0.15) is 0 Å². The van der Waals surface area contributed by atoms with E-state index in [1.165, 1.54) is 0 Å². The van der Waals surface area contributed by atoms with Gasteiger partial charge in [0, 0.05) is 16.6 Å². The second-order valence-corrected chi connectivity index (χ2v) is 6.19. The number of hydrogen-bond acceptors (Lipinski definition) is 2. The Morgan fingerprint density at radius 3 is 2.67 bits per heavy atom. The maximum atomic E-state index is 11.9. The van der Waals surface area contributed by atoms with Crippen LogP contribution in [0.1, 0.15) is 38.7 Å². The summed E-state index contributed by atoms with van der Waals surface area (Å²) in [6, 6.07) is 11.4. The molecule has 1 atom stereocenters. The fourth-order valence-electron chi connectivity index (χ4n) is 2.63. The standard InChI is InChI=1S/C17H16BrNO2/c1-10-8-12(4-5-15(10)18)16(20)13-3-2-11-6-7-19-17(21)14(11)9-13/h2-5,8-9,16,20H,6-7H2,1H3,(H,19,21). The molecule has 2 N–H and O–H groups in total. The third-order valence-corrected chi connectivity index (χ3v) is 4.76. The molecule has 21 heavy (non-hydrogen) atoms. The highest BCUT2D eigenvalue weighted by molar-refractivity contribution is 9.10. The van der Waals surface area contributed by atoms with E-state index in [2.05, 4.69) is 21.2 Å². The molecule has 0 aromatic heterocycles. The van der Waals surface area contributed by atoms with Crippen LogP contribution in [-0.2, 0) is 6.42 Å². The van der Waals surface area contributed by atoms with Gasteiger partial charge in [0.2, 0.25) is 0 Å². The molecule has 0 fully saturated rings. The lowest BCUT2D eigenvalue weighted by Crippen LogP contribution is -2.31. The summed E-state index contributed by atoms with van der Waals surface area (Å²) in [4.78, 5) is 11.9. The van der Waals surface area contributed by atoms with E-state index < -0.39 is 6.10 Å². The predicted molar refractivity (Wildman–Crippen MR) is 85.4 cm³/mol. The summed E-state index contributed by atoms with van der Waals surface area (Å²) < 4.78 is 1.02. The minimum absolute atomic E-state index is 0.0581. The molecule has 108 valence electrons. The van der Waals surface area contributed by atoms with Gasteiger partial charge in [-0.25, -0.2) is 0 Å². The summed E-state index contributed by atoms with van der Waals surface area (Å²) in [7, 11) is 0. The zero-order chi connectivity index (χ0) is 15.0. The Kier molecular flexibility index (Phi) is 3.83. The van der Waals surface area contributed by atoms with Gasteiger partial charge in [-0.15, -0.1) is 0 Å². The second kappa shape index (κ2) is 5.62. The molecule has 2 aromatic rings. The third-order valence-electron chi connectivity index (χ3n) is 3.87. The number of halogens is 1. The van der Waals surface area contributed by atoms with Crippen LogP contribution in [0.25, 0.3) is 0 Å². The fourth-order valence-corrected chi connectivity index (χ4v) is 2.88. The summed E-state index contributed by atoms with van der Waals surface area (Å²) in [6.45, 7) is 2.67. The van der Waals surface area contributed by atoms with Crippen LogP contribution < -0.4 is 5.32 Å². The van der Waals surface area contributed by atoms with Gasteiger partial charge in [0.1, 0.15) is 6.10 Å². The first-order chi connectivity index (χ1) is 10.1. The summed E-state index contributed by atoms with van der Waals surface area (Å²) in [6.07, 6.45) is 0.117. The largest absolute Gasteiger partial charge is 0.384 e. The van der Waals surface area contributed by atoms with E-state index in [4.69, 9.17) is 0 Å². The van der Waals surface area contributed by atoms with Crippen molar-refractivity contribution in [2.24, 2.45) is 0 Å². The van der Waals surface area contributed by atoms with Crippen molar-refractivity contribution in [2.45, 2.75) is 19.4 Å². The quantitative estimate of drug-likeness (QED) is 0.878. The van der Waals surface area contributed by atoms with Crippen molar-refractivity contribution in [2.75, 3.05) is 6.54 Å². The molecule has 0 bridgehead atoms. The first kappa shape index (κ1) is 14.3. The fraction of sp³-hybridized carbons (Fsp3) is 0.235. The third kappa shape index (κ3) is 2.74. The van der Waals surface area contributed by atoms with Crippen molar-refractivity contribution in [1.82, 2.24) is 5.32 Å². The Bertz CT molecular complexity index is 712. The van der Waals surface area contributed by atoms with Gasteiger partial charge in [0.15, 0.2) is 0 Å². The number of aryl methyl sites for hydroxylation is 1. The number of aliphatic hydroxyl groups is 1. The highest BCUT2D eigenvalue weighted by Gasteiger charge is 2.19. The van der Waals surface area contributed by atoms with Gasteiger partial charge >= 0.3 is 0 Å². The van der Waals surface area contributed by atoms with Crippen molar-refractivity contribution in [3.05, 3.63) is 68.7 Å². The highest BCUT2D eigenvalue weighted by Crippen LogP contribution is 2.28. The van der Waals surface area contributed by atoms with E-state index in [0.29, 0.717) is 12.1 Å². The Morgan fingerprint density at radius 1 is 1.19 bits per heavy atom. The van der Waals surface area contributed by atoms with Crippen LogP contribution in [0.15, 0.2) is 40.9 Å². The number of carbonyl (C=O) groups is 1. The lowest BCUT2D eigenvalue weighted by molar-refractivity contribution is 0.0945. The first-order valence-corrected chi connectivity index (χ1v) is 7.70. The van der Waals surface area contributed by atoms with Crippen LogP contribution in [-0.4, -0.2) is 17.6 Å².